The SMILES string of the molecule is CNC(C)(CC(=O)O)C12CC3CC(CC(C3)C1)C2. The van der Waals surface area contributed by atoms with E-state index in [0.29, 0.717) is 0 Å². The standard InChI is InChI=1S/C15H25NO2/c1-14(16-2,9-13(17)18)15-6-10-3-11(7-15)5-12(4-10)8-15/h10-12,16H,3-9H2,1-2H3,(H,17,18). The van der Waals surface area contributed by atoms with Crippen molar-refractivity contribution in [3.05, 3.63) is 0 Å². The molecule has 0 spiro atoms. The molecule has 4 aliphatic carbocycles. The predicted octanol–water partition coefficient (Wildman–Crippen LogP) is 2.66. The van der Waals surface area contributed by atoms with Crippen molar-refractivity contribution in [2.75, 3.05) is 7.05 Å². The molecule has 0 aromatic heterocycles. The van der Waals surface area contributed by atoms with Crippen molar-refractivity contribution in [2.45, 2.75) is 57.4 Å². The van der Waals surface area contributed by atoms with Gasteiger partial charge >= 0.3 is 5.97 Å². The molecule has 0 aromatic rings. The molecule has 0 heterocycles. The van der Waals surface area contributed by atoms with Crippen LogP contribution in [-0.2, 0) is 4.79 Å². The molecule has 3 heteroatoms. The first-order valence-corrected chi connectivity index (χ1v) is 7.37. The monoisotopic (exact) mass is 251 g/mol. The van der Waals surface area contributed by atoms with Crippen molar-refractivity contribution in [1.29, 1.82) is 0 Å². The first kappa shape index (κ1) is 12.5. The minimum Gasteiger partial charge on any atom is -0.481 e. The summed E-state index contributed by atoms with van der Waals surface area (Å²) in [6.07, 6.45) is 8.25. The van der Waals surface area contributed by atoms with Crippen LogP contribution in [0.4, 0.5) is 0 Å². The van der Waals surface area contributed by atoms with Crippen LogP contribution in [0.3, 0.4) is 0 Å². The van der Waals surface area contributed by atoms with Crippen LogP contribution in [0.2, 0.25) is 0 Å². The molecule has 102 valence electrons. The van der Waals surface area contributed by atoms with Gasteiger partial charge in [-0.05, 0) is 75.7 Å². The van der Waals surface area contributed by atoms with Gasteiger partial charge in [0.15, 0.2) is 0 Å². The first-order valence-electron chi connectivity index (χ1n) is 7.37. The number of hydrogen-bond donors (Lipinski definition) is 2. The van der Waals surface area contributed by atoms with E-state index in [9.17, 15) is 9.90 Å². The Balaban J connectivity index is 1.91. The van der Waals surface area contributed by atoms with Gasteiger partial charge in [-0.3, -0.25) is 4.79 Å². The van der Waals surface area contributed by atoms with Gasteiger partial charge in [-0.15, -0.1) is 0 Å². The molecule has 4 saturated carbocycles. The summed E-state index contributed by atoms with van der Waals surface area (Å²) in [6, 6.07) is 0. The van der Waals surface area contributed by atoms with Gasteiger partial charge in [0, 0.05) is 5.54 Å². The molecule has 2 N–H and O–H groups in total. The van der Waals surface area contributed by atoms with Crippen molar-refractivity contribution in [2.24, 2.45) is 23.2 Å². The highest BCUT2D eigenvalue weighted by Gasteiger charge is 2.58. The Kier molecular flexibility index (Phi) is 2.74. The molecule has 0 amide bonds. The van der Waals surface area contributed by atoms with Crippen LogP contribution in [-0.4, -0.2) is 23.7 Å². The highest BCUT2D eigenvalue weighted by atomic mass is 16.4. The number of carboxylic acids is 1. The lowest BCUT2D eigenvalue weighted by Crippen LogP contribution is -2.62. The highest BCUT2D eigenvalue weighted by Crippen LogP contribution is 2.64. The molecular formula is C15H25NO2. The molecule has 0 aromatic carbocycles. The van der Waals surface area contributed by atoms with Crippen LogP contribution < -0.4 is 5.32 Å². The quantitative estimate of drug-likeness (QED) is 0.807. The maximum absolute atomic E-state index is 11.2. The summed E-state index contributed by atoms with van der Waals surface area (Å²) in [4.78, 5) is 11.2. The van der Waals surface area contributed by atoms with E-state index in [-0.39, 0.29) is 17.4 Å². The summed E-state index contributed by atoms with van der Waals surface area (Å²) < 4.78 is 0. The lowest BCUT2D eigenvalue weighted by atomic mass is 9.44. The maximum Gasteiger partial charge on any atom is 0.305 e. The summed E-state index contributed by atoms with van der Waals surface area (Å²) in [5.74, 6) is 1.95. The fourth-order valence-corrected chi connectivity index (χ4v) is 5.63. The third kappa shape index (κ3) is 1.70. The Morgan fingerprint density at radius 1 is 1.22 bits per heavy atom. The number of aliphatic carboxylic acids is 1. The Labute approximate surface area is 109 Å². The molecule has 1 atom stereocenters. The third-order valence-electron chi connectivity index (χ3n) is 6.27. The molecule has 0 aliphatic heterocycles. The molecule has 4 aliphatic rings. The third-order valence-corrected chi connectivity index (χ3v) is 6.27. The van der Waals surface area contributed by atoms with Crippen LogP contribution in [0.5, 0.6) is 0 Å². The van der Waals surface area contributed by atoms with Gasteiger partial charge in [0.1, 0.15) is 0 Å². The van der Waals surface area contributed by atoms with E-state index in [1.54, 1.807) is 0 Å². The summed E-state index contributed by atoms with van der Waals surface area (Å²) >= 11 is 0. The minimum atomic E-state index is -0.664. The lowest BCUT2D eigenvalue weighted by molar-refractivity contribution is -0.146. The van der Waals surface area contributed by atoms with Crippen molar-refractivity contribution in [1.82, 2.24) is 5.32 Å². The molecule has 4 rings (SSSR count). The van der Waals surface area contributed by atoms with E-state index < -0.39 is 5.97 Å². The second-order valence-electron chi connectivity index (χ2n) is 7.35. The molecule has 4 fully saturated rings. The fourth-order valence-electron chi connectivity index (χ4n) is 5.63. The van der Waals surface area contributed by atoms with Gasteiger partial charge in [0.05, 0.1) is 6.42 Å². The van der Waals surface area contributed by atoms with Gasteiger partial charge in [-0.25, -0.2) is 0 Å². The van der Waals surface area contributed by atoms with Crippen LogP contribution in [0.15, 0.2) is 0 Å². The van der Waals surface area contributed by atoms with E-state index in [2.05, 4.69) is 12.2 Å². The van der Waals surface area contributed by atoms with Crippen LogP contribution in [0.25, 0.3) is 0 Å². The first-order chi connectivity index (χ1) is 8.46. The van der Waals surface area contributed by atoms with Gasteiger partial charge in [-0.1, -0.05) is 0 Å². The summed E-state index contributed by atoms with van der Waals surface area (Å²) in [7, 11) is 1.95. The number of nitrogens with one attached hydrogen (secondary N) is 1. The van der Waals surface area contributed by atoms with E-state index in [1.807, 2.05) is 7.05 Å². The molecule has 4 bridgehead atoms. The molecule has 0 saturated heterocycles. The van der Waals surface area contributed by atoms with Crippen molar-refractivity contribution >= 4 is 5.97 Å². The Hall–Kier alpha value is -0.570. The molecular weight excluding hydrogens is 226 g/mol. The minimum absolute atomic E-state index is 0.227. The summed E-state index contributed by atoms with van der Waals surface area (Å²) in [5.41, 5.74) is 0.0176. The lowest BCUT2D eigenvalue weighted by Gasteiger charge is -2.63. The number of carboxylic acid groups (broad SMARTS) is 1. The summed E-state index contributed by atoms with van der Waals surface area (Å²) in [5, 5.41) is 12.6. The molecule has 3 nitrogen and oxygen atoms in total. The zero-order chi connectivity index (χ0) is 13.0. The van der Waals surface area contributed by atoms with Gasteiger partial charge in [0.25, 0.3) is 0 Å². The van der Waals surface area contributed by atoms with Crippen molar-refractivity contribution < 1.29 is 9.90 Å². The Morgan fingerprint density at radius 2 is 1.67 bits per heavy atom. The molecule has 0 radical (unpaired) electrons. The molecule has 18 heavy (non-hydrogen) atoms. The molecule has 1 unspecified atom stereocenters. The average Bonchev–Trinajstić information content (AvgIpc) is 2.25. The van der Waals surface area contributed by atoms with Crippen LogP contribution in [0, 0.1) is 23.2 Å². The number of hydrogen-bond acceptors (Lipinski definition) is 2. The van der Waals surface area contributed by atoms with Gasteiger partial charge in [0.2, 0.25) is 0 Å². The predicted molar refractivity (Wildman–Crippen MR) is 70.3 cm³/mol. The topological polar surface area (TPSA) is 49.3 Å². The Bertz CT molecular complexity index is 330. The van der Waals surface area contributed by atoms with Crippen LogP contribution >= 0.6 is 0 Å². The highest BCUT2D eigenvalue weighted by molar-refractivity contribution is 5.68. The fraction of sp³-hybridized carbons (Fsp3) is 0.933. The normalized spacial score (nSPS) is 44.9. The van der Waals surface area contributed by atoms with E-state index in [4.69, 9.17) is 0 Å². The maximum atomic E-state index is 11.2. The second-order valence-corrected chi connectivity index (χ2v) is 7.35. The zero-order valence-corrected chi connectivity index (χ0v) is 11.5. The number of carbonyl (C=O) groups is 1. The second kappa shape index (κ2) is 3.96. The van der Waals surface area contributed by atoms with Crippen molar-refractivity contribution in [3.63, 3.8) is 0 Å². The van der Waals surface area contributed by atoms with E-state index >= 15 is 0 Å². The average molecular weight is 251 g/mol. The van der Waals surface area contributed by atoms with Gasteiger partial charge in [-0.2, -0.15) is 0 Å². The zero-order valence-electron chi connectivity index (χ0n) is 11.5. The van der Waals surface area contributed by atoms with Crippen molar-refractivity contribution in [3.8, 4) is 0 Å². The van der Waals surface area contributed by atoms with Crippen LogP contribution in [0.1, 0.15) is 51.9 Å². The Morgan fingerprint density at radius 3 is 2.00 bits per heavy atom. The number of rotatable bonds is 4. The summed E-state index contributed by atoms with van der Waals surface area (Å²) in [6.45, 7) is 2.15. The van der Waals surface area contributed by atoms with E-state index in [1.165, 1.54) is 38.5 Å². The smallest absolute Gasteiger partial charge is 0.305 e. The van der Waals surface area contributed by atoms with Gasteiger partial charge < -0.3 is 10.4 Å². The largest absolute Gasteiger partial charge is 0.481 e. The van der Waals surface area contributed by atoms with E-state index in [0.717, 1.165) is 17.8 Å².